The Kier molecular flexibility index (Phi) is 5.83. The Balaban J connectivity index is 1.76. The van der Waals surface area contributed by atoms with Crippen molar-refractivity contribution in [1.29, 1.82) is 0 Å². The van der Waals surface area contributed by atoms with Crippen LogP contribution in [0.3, 0.4) is 0 Å². The van der Waals surface area contributed by atoms with E-state index in [1.807, 2.05) is 49.4 Å². The molecule has 0 aliphatic carbocycles. The number of carbonyl (C=O) groups is 1. The van der Waals surface area contributed by atoms with Gasteiger partial charge in [0.25, 0.3) is 0 Å². The van der Waals surface area contributed by atoms with Crippen LogP contribution < -0.4 is 15.4 Å². The number of carbonyl (C=O) groups excluding carboxylic acids is 1. The maximum Gasteiger partial charge on any atom is 0.315 e. The topological polar surface area (TPSA) is 50.4 Å². The summed E-state index contributed by atoms with van der Waals surface area (Å²) in [5.41, 5.74) is 2.25. The van der Waals surface area contributed by atoms with E-state index in [1.54, 1.807) is 7.11 Å². The molecule has 2 rings (SSSR count). The van der Waals surface area contributed by atoms with Crippen LogP contribution in [0.15, 0.2) is 54.6 Å². The Morgan fingerprint density at radius 3 is 2.41 bits per heavy atom. The molecule has 116 valence electrons. The molecule has 4 heteroatoms. The van der Waals surface area contributed by atoms with Crippen molar-refractivity contribution in [1.82, 2.24) is 10.6 Å². The minimum Gasteiger partial charge on any atom is -0.497 e. The van der Waals surface area contributed by atoms with Crippen molar-refractivity contribution in [3.63, 3.8) is 0 Å². The number of benzene rings is 2. The first-order chi connectivity index (χ1) is 10.7. The number of hydrogen-bond donors (Lipinski definition) is 2. The fraction of sp³-hybridized carbons (Fsp3) is 0.278. The molecule has 2 N–H and O–H groups in total. The molecule has 22 heavy (non-hydrogen) atoms. The predicted molar refractivity (Wildman–Crippen MR) is 88.1 cm³/mol. The van der Waals surface area contributed by atoms with Crippen molar-refractivity contribution < 1.29 is 9.53 Å². The average Bonchev–Trinajstić information content (AvgIpc) is 2.56. The SMILES string of the molecule is COc1ccc(C(C)NC(=O)NCCc2ccccc2)cc1. The maximum absolute atomic E-state index is 11.9. The molecule has 2 aromatic rings. The fourth-order valence-electron chi connectivity index (χ4n) is 2.19. The monoisotopic (exact) mass is 298 g/mol. The first-order valence-corrected chi connectivity index (χ1v) is 7.41. The molecule has 0 radical (unpaired) electrons. The molecule has 0 spiro atoms. The molecule has 1 atom stereocenters. The van der Waals surface area contributed by atoms with Crippen LogP contribution in [0.1, 0.15) is 24.1 Å². The summed E-state index contributed by atoms with van der Waals surface area (Å²) in [6.07, 6.45) is 0.825. The van der Waals surface area contributed by atoms with E-state index in [0.29, 0.717) is 6.54 Å². The van der Waals surface area contributed by atoms with Crippen molar-refractivity contribution in [2.45, 2.75) is 19.4 Å². The summed E-state index contributed by atoms with van der Waals surface area (Å²) in [5.74, 6) is 0.809. The van der Waals surface area contributed by atoms with Gasteiger partial charge < -0.3 is 15.4 Å². The van der Waals surface area contributed by atoms with E-state index in [-0.39, 0.29) is 12.1 Å². The predicted octanol–water partition coefficient (Wildman–Crippen LogP) is 3.30. The Morgan fingerprint density at radius 2 is 1.77 bits per heavy atom. The van der Waals surface area contributed by atoms with Gasteiger partial charge >= 0.3 is 6.03 Å². The molecule has 1 unspecified atom stereocenters. The van der Waals surface area contributed by atoms with Gasteiger partial charge in [-0.15, -0.1) is 0 Å². The highest BCUT2D eigenvalue weighted by atomic mass is 16.5. The highest BCUT2D eigenvalue weighted by molar-refractivity contribution is 5.74. The molecule has 0 saturated heterocycles. The number of methoxy groups -OCH3 is 1. The molecule has 0 aliphatic heterocycles. The third-order valence-electron chi connectivity index (χ3n) is 3.51. The summed E-state index contributed by atoms with van der Waals surface area (Å²) in [6, 6.07) is 17.6. The minimum absolute atomic E-state index is 0.0531. The van der Waals surface area contributed by atoms with Crippen molar-refractivity contribution >= 4 is 6.03 Å². The number of hydrogen-bond acceptors (Lipinski definition) is 2. The van der Waals surface area contributed by atoms with Crippen LogP contribution in [-0.2, 0) is 6.42 Å². The molecule has 0 bridgehead atoms. The zero-order valence-corrected chi connectivity index (χ0v) is 13.0. The van der Waals surface area contributed by atoms with Gasteiger partial charge in [0, 0.05) is 6.54 Å². The van der Waals surface area contributed by atoms with E-state index in [9.17, 15) is 4.79 Å². The molecule has 0 aliphatic rings. The standard InChI is InChI=1S/C18H22N2O2/c1-14(16-8-10-17(22-2)11-9-16)20-18(21)19-13-12-15-6-4-3-5-7-15/h3-11,14H,12-13H2,1-2H3,(H2,19,20,21). The van der Waals surface area contributed by atoms with Crippen molar-refractivity contribution in [2.24, 2.45) is 0 Å². The van der Waals surface area contributed by atoms with Gasteiger partial charge in [-0.2, -0.15) is 0 Å². The lowest BCUT2D eigenvalue weighted by Gasteiger charge is -2.15. The van der Waals surface area contributed by atoms with E-state index in [4.69, 9.17) is 4.74 Å². The third-order valence-corrected chi connectivity index (χ3v) is 3.51. The van der Waals surface area contributed by atoms with E-state index < -0.39 is 0 Å². The van der Waals surface area contributed by atoms with E-state index in [0.717, 1.165) is 17.7 Å². The second kappa shape index (κ2) is 8.08. The molecule has 0 heterocycles. The zero-order chi connectivity index (χ0) is 15.8. The normalized spacial score (nSPS) is 11.5. The molecule has 4 nitrogen and oxygen atoms in total. The van der Waals surface area contributed by atoms with Gasteiger partial charge in [-0.05, 0) is 36.6 Å². The first kappa shape index (κ1) is 15.9. The number of nitrogens with one attached hydrogen (secondary N) is 2. The molecule has 2 amide bonds. The number of urea groups is 1. The number of ether oxygens (including phenoxy) is 1. The second-order valence-corrected chi connectivity index (χ2v) is 5.13. The smallest absolute Gasteiger partial charge is 0.315 e. The highest BCUT2D eigenvalue weighted by Crippen LogP contribution is 2.16. The lowest BCUT2D eigenvalue weighted by atomic mass is 10.1. The van der Waals surface area contributed by atoms with Gasteiger partial charge in [-0.1, -0.05) is 42.5 Å². The summed E-state index contributed by atoms with van der Waals surface area (Å²) in [5, 5.41) is 5.81. The maximum atomic E-state index is 11.9. The van der Waals surface area contributed by atoms with Crippen LogP contribution in [0.4, 0.5) is 4.79 Å². The van der Waals surface area contributed by atoms with Gasteiger partial charge in [-0.3, -0.25) is 0 Å². The fourth-order valence-corrected chi connectivity index (χ4v) is 2.19. The highest BCUT2D eigenvalue weighted by Gasteiger charge is 2.09. The summed E-state index contributed by atoms with van der Waals surface area (Å²) < 4.78 is 5.13. The first-order valence-electron chi connectivity index (χ1n) is 7.41. The van der Waals surface area contributed by atoms with Crippen LogP contribution >= 0.6 is 0 Å². The lowest BCUT2D eigenvalue weighted by molar-refractivity contribution is 0.238. The van der Waals surface area contributed by atoms with Gasteiger partial charge in [0.05, 0.1) is 13.2 Å². The third kappa shape index (κ3) is 4.81. The van der Waals surface area contributed by atoms with Crippen molar-refractivity contribution in [3.05, 3.63) is 65.7 Å². The summed E-state index contributed by atoms with van der Waals surface area (Å²) >= 11 is 0. The van der Waals surface area contributed by atoms with Crippen LogP contribution in [-0.4, -0.2) is 19.7 Å². The average molecular weight is 298 g/mol. The molecule has 2 aromatic carbocycles. The van der Waals surface area contributed by atoms with Gasteiger partial charge in [0.15, 0.2) is 0 Å². The van der Waals surface area contributed by atoms with Crippen molar-refractivity contribution in [3.8, 4) is 5.75 Å². The van der Waals surface area contributed by atoms with E-state index in [1.165, 1.54) is 5.56 Å². The molecular weight excluding hydrogens is 276 g/mol. The second-order valence-electron chi connectivity index (χ2n) is 5.13. The Labute approximate surface area is 131 Å². The van der Waals surface area contributed by atoms with Gasteiger partial charge in [0.2, 0.25) is 0 Å². The Bertz CT molecular complexity index is 582. The molecule has 0 saturated carbocycles. The molecule has 0 aromatic heterocycles. The van der Waals surface area contributed by atoms with Crippen molar-refractivity contribution in [2.75, 3.05) is 13.7 Å². The quantitative estimate of drug-likeness (QED) is 0.859. The Morgan fingerprint density at radius 1 is 1.09 bits per heavy atom. The lowest BCUT2D eigenvalue weighted by Crippen LogP contribution is -2.38. The largest absolute Gasteiger partial charge is 0.497 e. The molecular formula is C18H22N2O2. The summed E-state index contributed by atoms with van der Waals surface area (Å²) in [6.45, 7) is 2.57. The van der Waals surface area contributed by atoms with E-state index >= 15 is 0 Å². The number of amides is 2. The summed E-state index contributed by atoms with van der Waals surface area (Å²) in [7, 11) is 1.64. The summed E-state index contributed by atoms with van der Waals surface area (Å²) in [4.78, 5) is 11.9. The molecule has 0 fully saturated rings. The number of rotatable bonds is 6. The minimum atomic E-state index is -0.153. The Hall–Kier alpha value is -2.49. The van der Waals surface area contributed by atoms with Crippen LogP contribution in [0.5, 0.6) is 5.75 Å². The van der Waals surface area contributed by atoms with Gasteiger partial charge in [0.1, 0.15) is 5.75 Å². The van der Waals surface area contributed by atoms with Crippen LogP contribution in [0.25, 0.3) is 0 Å². The van der Waals surface area contributed by atoms with Crippen LogP contribution in [0, 0.1) is 0 Å². The zero-order valence-electron chi connectivity index (χ0n) is 13.0. The van der Waals surface area contributed by atoms with E-state index in [2.05, 4.69) is 22.8 Å². The van der Waals surface area contributed by atoms with Gasteiger partial charge in [-0.25, -0.2) is 4.79 Å². The van der Waals surface area contributed by atoms with Crippen LogP contribution in [0.2, 0.25) is 0 Å².